The second-order valence-electron chi connectivity index (χ2n) is 2.17. The summed E-state index contributed by atoms with van der Waals surface area (Å²) in [7, 11) is 3.00. The van der Waals surface area contributed by atoms with Gasteiger partial charge in [0, 0.05) is 60.4 Å². The molecule has 20 heavy (non-hydrogen) atoms. The van der Waals surface area contributed by atoms with Crippen molar-refractivity contribution in [3.63, 3.8) is 0 Å². The van der Waals surface area contributed by atoms with Gasteiger partial charge in [0.2, 0.25) is 0 Å². The number of carbonyl (C=O) groups is 4. The molecule has 0 aliphatic heterocycles. The summed E-state index contributed by atoms with van der Waals surface area (Å²) in [5.41, 5.74) is 9.00. The summed E-state index contributed by atoms with van der Waals surface area (Å²) in [5.74, 6) is -2.25. The van der Waals surface area contributed by atoms with Crippen molar-refractivity contribution in [1.29, 1.82) is 0 Å². The molecule has 8 nitrogen and oxygen atoms in total. The molecule has 0 amide bonds. The van der Waals surface area contributed by atoms with Gasteiger partial charge in [-0.1, -0.05) is 7.43 Å². The van der Waals surface area contributed by atoms with Crippen LogP contribution in [0.1, 0.15) is 35.1 Å². The normalized spacial score (nSPS) is 6.00. The molecule has 1 radical (unpaired) electrons. The van der Waals surface area contributed by atoms with Crippen LogP contribution in [0.4, 0.5) is 0 Å². The van der Waals surface area contributed by atoms with Crippen LogP contribution in [-0.4, -0.2) is 38.0 Å². The zero-order valence-corrected chi connectivity index (χ0v) is 15.0. The maximum Gasteiger partial charge on any atom is 0.310 e. The van der Waals surface area contributed by atoms with Gasteiger partial charge in [-0.2, -0.15) is 0 Å². The third kappa shape index (κ3) is 86.2. The van der Waals surface area contributed by atoms with E-state index in [2.05, 4.69) is 20.9 Å². The zero-order chi connectivity index (χ0) is 15.7. The van der Waals surface area contributed by atoms with E-state index < -0.39 is 23.9 Å². The van der Waals surface area contributed by atoms with Gasteiger partial charge in [0.05, 0.1) is 0 Å². The summed E-state index contributed by atoms with van der Waals surface area (Å²) < 4.78 is 7.94. The number of rotatable bonds is 0. The summed E-state index contributed by atoms with van der Waals surface area (Å²) in [5, 5.41) is 0. The van der Waals surface area contributed by atoms with Gasteiger partial charge in [-0.3, -0.25) is 19.2 Å². The second-order valence-corrected chi connectivity index (χ2v) is 2.17. The van der Waals surface area contributed by atoms with E-state index in [1.807, 2.05) is 0 Å². The minimum absolute atomic E-state index is 0. The van der Waals surface area contributed by atoms with Crippen LogP contribution in [0.25, 0.3) is 0 Å². The molecule has 0 aliphatic carbocycles. The van der Waals surface area contributed by atoms with Crippen molar-refractivity contribution >= 4 is 23.9 Å². The van der Waals surface area contributed by atoms with Crippen LogP contribution in [0.2, 0.25) is 0 Å². The van der Waals surface area contributed by atoms with E-state index in [4.69, 9.17) is 0 Å². The summed E-state index contributed by atoms with van der Waals surface area (Å²) in [6.07, 6.45) is 0. The fourth-order valence-electron chi connectivity index (χ4n) is 0.405. The molecule has 119 valence electrons. The molecule has 0 rings (SSSR count). The third-order valence-electron chi connectivity index (χ3n) is 0.575. The van der Waals surface area contributed by atoms with Gasteiger partial charge in [0.15, 0.2) is 0 Å². The van der Waals surface area contributed by atoms with Crippen LogP contribution in [-0.2, 0) is 61.4 Å². The molecule has 0 heterocycles. The number of hydrogen-bond acceptors (Lipinski definition) is 8. The minimum Gasteiger partial charge on any atom is -0.394 e. The van der Waals surface area contributed by atoms with Gasteiger partial charge < -0.3 is 20.9 Å². The van der Waals surface area contributed by atoms with Gasteiger partial charge >= 0.3 is 23.9 Å². The van der Waals surface area contributed by atoms with Gasteiger partial charge in [0.1, 0.15) is 0 Å². The van der Waals surface area contributed by atoms with Gasteiger partial charge in [-0.15, -0.1) is 0 Å². The van der Waals surface area contributed by atoms with Crippen LogP contribution in [0.5, 0.6) is 0 Å². The number of nitrogens with two attached hydrogens (primary N) is 2. The zero-order valence-electron chi connectivity index (χ0n) is 12.2. The van der Waals surface area contributed by atoms with Crippen molar-refractivity contribution in [2.45, 2.75) is 35.1 Å². The Kier molecular flexibility index (Phi) is 56.6. The van der Waals surface area contributed by atoms with Crippen molar-refractivity contribution < 1.29 is 61.4 Å². The maximum atomic E-state index is 9.81. The van der Waals surface area contributed by atoms with E-state index in [0.29, 0.717) is 0 Å². The predicted octanol–water partition coefficient (Wildman–Crippen LogP) is -0.0246. The predicted molar refractivity (Wildman–Crippen MR) is 71.8 cm³/mol. The number of carbonyl (C=O) groups excluding carboxylic acids is 4. The quantitative estimate of drug-likeness (QED) is 0.447. The van der Waals surface area contributed by atoms with Crippen LogP contribution in [0.15, 0.2) is 0 Å². The first-order valence-corrected chi connectivity index (χ1v) is 4.79. The molecular weight excluding hydrogens is 345 g/mol. The molecule has 0 saturated carbocycles. The van der Waals surface area contributed by atoms with E-state index >= 15 is 0 Å². The molecule has 0 aliphatic rings. The summed E-state index contributed by atoms with van der Waals surface area (Å²) in [6, 6.07) is 0. The fourth-order valence-corrected chi connectivity index (χ4v) is 0.405. The van der Waals surface area contributed by atoms with E-state index in [0.717, 1.165) is 0 Å². The van der Waals surface area contributed by atoms with Gasteiger partial charge in [0.25, 0.3) is 0 Å². The molecule has 0 saturated heterocycles. The van der Waals surface area contributed by atoms with Crippen molar-refractivity contribution in [1.82, 2.24) is 0 Å². The molecular formula is C11H26N2O6Y. The molecule has 0 fully saturated rings. The Hall–Kier alpha value is -0.696. The number of ether oxygens (including phenoxy) is 2. The number of esters is 4. The van der Waals surface area contributed by atoms with Crippen molar-refractivity contribution in [3.05, 3.63) is 0 Å². The van der Waals surface area contributed by atoms with E-state index in [1.54, 1.807) is 0 Å². The smallest absolute Gasteiger partial charge is 0.310 e. The van der Waals surface area contributed by atoms with Crippen molar-refractivity contribution in [2.24, 2.45) is 11.5 Å². The third-order valence-corrected chi connectivity index (χ3v) is 0.575. The Morgan fingerprint density at radius 2 is 0.700 bits per heavy atom. The van der Waals surface area contributed by atoms with Crippen LogP contribution >= 0.6 is 0 Å². The second kappa shape index (κ2) is 31.0. The van der Waals surface area contributed by atoms with E-state index in [9.17, 15) is 19.2 Å². The Morgan fingerprint density at radius 3 is 0.700 bits per heavy atom. The van der Waals surface area contributed by atoms with E-state index in [1.165, 1.54) is 41.8 Å². The molecule has 0 bridgehead atoms. The first-order chi connectivity index (χ1) is 8.25. The summed E-state index contributed by atoms with van der Waals surface area (Å²) in [6.45, 7) is 4.73. The van der Waals surface area contributed by atoms with Gasteiger partial charge in [-0.25, -0.2) is 0 Å². The van der Waals surface area contributed by atoms with Crippen LogP contribution in [0, 0.1) is 0 Å². The molecule has 0 atom stereocenters. The monoisotopic (exact) mass is 371 g/mol. The number of hydrogen-bond donors (Lipinski definition) is 2. The first-order valence-electron chi connectivity index (χ1n) is 4.79. The Morgan fingerprint density at radius 1 is 0.600 bits per heavy atom. The van der Waals surface area contributed by atoms with E-state index in [-0.39, 0.29) is 40.1 Å². The minimum atomic E-state index is -0.562. The molecule has 0 aromatic rings. The van der Waals surface area contributed by atoms with Crippen LogP contribution < -0.4 is 11.5 Å². The molecule has 9 heteroatoms. The van der Waals surface area contributed by atoms with Crippen molar-refractivity contribution in [2.75, 3.05) is 14.1 Å². The van der Waals surface area contributed by atoms with Crippen molar-refractivity contribution in [3.8, 4) is 0 Å². The molecule has 0 unspecified atom stereocenters. The summed E-state index contributed by atoms with van der Waals surface area (Å²) in [4.78, 5) is 39.2. The topological polar surface area (TPSA) is 139 Å². The standard InChI is InChI=1S/2C4H6O3.2CH5N.CH4.Y/c2*1-3(5)7-4(2)6;2*1-2;;/h2*1-2H3;2*2H2,1H3;1H4;. The average Bonchev–Trinajstić information content (AvgIpc) is 2.20. The Bertz CT molecular complexity index is 209. The van der Waals surface area contributed by atoms with Gasteiger partial charge in [-0.05, 0) is 14.1 Å². The molecule has 4 N–H and O–H groups in total. The Balaban J connectivity index is -0.0000000362. The molecule has 0 spiro atoms. The van der Waals surface area contributed by atoms with Crippen LogP contribution in [0.3, 0.4) is 0 Å². The molecule has 0 aromatic carbocycles. The fraction of sp³-hybridized carbons (Fsp3) is 0.636. The SMILES string of the molecule is C.CC(=O)OC(C)=O.CC(=O)OC(C)=O.CN.CN.[Y]. The first kappa shape index (κ1) is 36.5. The molecule has 0 aromatic heterocycles. The average molecular weight is 371 g/mol. The Labute approximate surface area is 145 Å². The summed E-state index contributed by atoms with van der Waals surface area (Å²) >= 11 is 0. The maximum absolute atomic E-state index is 9.81. The largest absolute Gasteiger partial charge is 0.394 e.